The molecule has 0 unspecified atom stereocenters. The van der Waals surface area contributed by atoms with E-state index in [2.05, 4.69) is 27.6 Å². The van der Waals surface area contributed by atoms with E-state index in [0.717, 1.165) is 14.6 Å². The third kappa shape index (κ3) is 2.36. The van der Waals surface area contributed by atoms with Crippen LogP contribution in [0.4, 0.5) is 0 Å². The van der Waals surface area contributed by atoms with E-state index in [0.29, 0.717) is 18.2 Å². The van der Waals surface area contributed by atoms with Crippen LogP contribution >= 0.6 is 22.6 Å². The minimum absolute atomic E-state index is 0.443. The Kier molecular flexibility index (Phi) is 3.23. The summed E-state index contributed by atoms with van der Waals surface area (Å²) in [6.45, 7) is 0.443. The maximum Gasteiger partial charge on any atom is 0.491 e. The molecule has 0 amide bonds. The molecule has 1 aromatic heterocycles. The first-order chi connectivity index (χ1) is 8.72. The molecule has 0 spiro atoms. The number of nitrogens with zero attached hydrogens (tertiary/aromatic N) is 1. The van der Waals surface area contributed by atoms with Gasteiger partial charge in [-0.15, -0.1) is 0 Å². The summed E-state index contributed by atoms with van der Waals surface area (Å²) in [6.07, 6.45) is 1.74. The van der Waals surface area contributed by atoms with Gasteiger partial charge in [-0.1, -0.05) is 6.07 Å². The highest BCUT2D eigenvalue weighted by molar-refractivity contribution is 14.1. The van der Waals surface area contributed by atoms with Gasteiger partial charge in [0, 0.05) is 15.8 Å². The summed E-state index contributed by atoms with van der Waals surface area (Å²) in [5.41, 5.74) is 1.75. The van der Waals surface area contributed by atoms with Crippen molar-refractivity contribution in [1.82, 2.24) is 4.98 Å². The van der Waals surface area contributed by atoms with Crippen molar-refractivity contribution in [2.24, 2.45) is 0 Å². The smallest absolute Gasteiger partial charge is 0.439 e. The van der Waals surface area contributed by atoms with E-state index < -0.39 is 7.12 Å². The molecule has 0 saturated heterocycles. The minimum Gasteiger partial charge on any atom is -0.439 e. The highest BCUT2D eigenvalue weighted by Gasteiger charge is 2.27. The third-order valence-corrected chi connectivity index (χ3v) is 3.34. The van der Waals surface area contributed by atoms with E-state index in [9.17, 15) is 5.02 Å². The molecule has 0 radical (unpaired) electrons. The van der Waals surface area contributed by atoms with Crippen LogP contribution in [-0.2, 0) is 11.3 Å². The molecule has 1 N–H and O–H groups in total. The topological polar surface area (TPSA) is 51.6 Å². The van der Waals surface area contributed by atoms with Gasteiger partial charge in [0.1, 0.15) is 5.75 Å². The van der Waals surface area contributed by atoms with Crippen molar-refractivity contribution < 1.29 is 14.4 Å². The lowest BCUT2D eigenvalue weighted by Gasteiger charge is -2.06. The Morgan fingerprint density at radius 1 is 1.33 bits per heavy atom. The van der Waals surface area contributed by atoms with E-state index in [1.807, 2.05) is 24.3 Å². The van der Waals surface area contributed by atoms with Crippen LogP contribution in [0.1, 0.15) is 5.56 Å². The molecule has 1 aromatic carbocycles. The van der Waals surface area contributed by atoms with Gasteiger partial charge < -0.3 is 14.4 Å². The van der Waals surface area contributed by atoms with Crippen molar-refractivity contribution in [2.75, 3.05) is 0 Å². The van der Waals surface area contributed by atoms with Crippen LogP contribution in [0.25, 0.3) is 0 Å². The summed E-state index contributed by atoms with van der Waals surface area (Å²) in [5.74, 6) is 1.18. The number of pyridine rings is 1. The van der Waals surface area contributed by atoms with Gasteiger partial charge in [0.2, 0.25) is 5.88 Å². The van der Waals surface area contributed by atoms with E-state index in [-0.39, 0.29) is 0 Å². The van der Waals surface area contributed by atoms with E-state index in [1.54, 1.807) is 12.3 Å². The fourth-order valence-electron chi connectivity index (χ4n) is 1.80. The fourth-order valence-corrected chi connectivity index (χ4v) is 2.12. The molecule has 18 heavy (non-hydrogen) atoms. The van der Waals surface area contributed by atoms with Crippen molar-refractivity contribution >= 4 is 35.2 Å². The van der Waals surface area contributed by atoms with Crippen LogP contribution in [0.15, 0.2) is 36.5 Å². The molecule has 0 aliphatic carbocycles. The van der Waals surface area contributed by atoms with Crippen molar-refractivity contribution in [3.63, 3.8) is 0 Å². The lowest BCUT2D eigenvalue weighted by Crippen LogP contribution is -2.27. The van der Waals surface area contributed by atoms with E-state index in [1.165, 1.54) is 0 Å². The number of hydrogen-bond donors (Lipinski definition) is 1. The standard InChI is InChI=1S/C12H9BINO3/c14-9-2-4-12(15-6-9)18-10-3-1-8-7-17-13(16)11(8)5-10/h1-6,16H,7H2. The molecule has 0 atom stereocenters. The summed E-state index contributed by atoms with van der Waals surface area (Å²) in [5, 5.41) is 9.61. The van der Waals surface area contributed by atoms with E-state index in [4.69, 9.17) is 9.39 Å². The second-order valence-electron chi connectivity index (χ2n) is 3.94. The predicted molar refractivity (Wildman–Crippen MR) is 75.9 cm³/mol. The summed E-state index contributed by atoms with van der Waals surface area (Å²) in [7, 11) is -0.853. The largest absolute Gasteiger partial charge is 0.491 e. The number of ether oxygens (including phenoxy) is 1. The highest BCUT2D eigenvalue weighted by atomic mass is 127. The highest BCUT2D eigenvalue weighted by Crippen LogP contribution is 2.21. The van der Waals surface area contributed by atoms with Crippen LogP contribution in [-0.4, -0.2) is 17.1 Å². The first-order valence-electron chi connectivity index (χ1n) is 5.44. The molecule has 3 rings (SSSR count). The van der Waals surface area contributed by atoms with Crippen LogP contribution in [0.3, 0.4) is 0 Å². The Morgan fingerprint density at radius 2 is 2.22 bits per heavy atom. The Hall–Kier alpha value is -1.12. The fraction of sp³-hybridized carbons (Fsp3) is 0.0833. The molecule has 0 fully saturated rings. The van der Waals surface area contributed by atoms with Gasteiger partial charge >= 0.3 is 7.12 Å². The number of benzene rings is 1. The average Bonchev–Trinajstić information content (AvgIpc) is 2.74. The van der Waals surface area contributed by atoms with Gasteiger partial charge in [0.05, 0.1) is 6.61 Å². The minimum atomic E-state index is -0.853. The average molecular weight is 353 g/mol. The summed E-state index contributed by atoms with van der Waals surface area (Å²) in [6, 6.07) is 9.26. The number of halogens is 1. The lowest BCUT2D eigenvalue weighted by molar-refractivity contribution is 0.275. The van der Waals surface area contributed by atoms with Gasteiger partial charge in [0.15, 0.2) is 0 Å². The summed E-state index contributed by atoms with van der Waals surface area (Å²) >= 11 is 2.19. The van der Waals surface area contributed by atoms with Crippen molar-refractivity contribution in [3.05, 3.63) is 45.7 Å². The van der Waals surface area contributed by atoms with Gasteiger partial charge in [-0.25, -0.2) is 4.98 Å². The molecule has 1 aliphatic heterocycles. The normalized spacial score (nSPS) is 13.6. The quantitative estimate of drug-likeness (QED) is 0.660. The molecule has 0 bridgehead atoms. The van der Waals surface area contributed by atoms with Crippen LogP contribution in [0, 0.1) is 3.57 Å². The van der Waals surface area contributed by atoms with Crippen molar-refractivity contribution in [3.8, 4) is 11.6 Å². The van der Waals surface area contributed by atoms with Gasteiger partial charge in [-0.3, -0.25) is 0 Å². The summed E-state index contributed by atoms with van der Waals surface area (Å²) < 4.78 is 11.8. The third-order valence-electron chi connectivity index (χ3n) is 2.70. The van der Waals surface area contributed by atoms with Crippen molar-refractivity contribution in [2.45, 2.75) is 6.61 Å². The SMILES string of the molecule is OB1OCc2ccc(Oc3ccc(I)cn3)cc21. The van der Waals surface area contributed by atoms with Gasteiger partial charge in [0.25, 0.3) is 0 Å². The second-order valence-corrected chi connectivity index (χ2v) is 5.19. The number of fused-ring (bicyclic) bond motifs is 1. The molecule has 90 valence electrons. The first kappa shape index (κ1) is 11.9. The summed E-state index contributed by atoms with van der Waals surface area (Å²) in [4.78, 5) is 4.16. The van der Waals surface area contributed by atoms with Gasteiger partial charge in [-0.2, -0.15) is 0 Å². The zero-order valence-electron chi connectivity index (χ0n) is 9.34. The molecule has 2 heterocycles. The van der Waals surface area contributed by atoms with Crippen LogP contribution in [0.5, 0.6) is 11.6 Å². The first-order valence-corrected chi connectivity index (χ1v) is 6.52. The van der Waals surface area contributed by atoms with Crippen molar-refractivity contribution in [1.29, 1.82) is 0 Å². The van der Waals surface area contributed by atoms with Crippen LogP contribution < -0.4 is 10.2 Å². The maximum absolute atomic E-state index is 9.61. The Balaban J connectivity index is 1.85. The molecule has 6 heteroatoms. The molecular formula is C12H9BINO3. The van der Waals surface area contributed by atoms with E-state index >= 15 is 0 Å². The Bertz CT molecular complexity index is 576. The molecule has 1 aliphatic rings. The second kappa shape index (κ2) is 4.87. The maximum atomic E-state index is 9.61. The molecule has 0 saturated carbocycles. The lowest BCUT2D eigenvalue weighted by atomic mass is 9.79. The van der Waals surface area contributed by atoms with Crippen LogP contribution in [0.2, 0.25) is 0 Å². The number of hydrogen-bond acceptors (Lipinski definition) is 4. The monoisotopic (exact) mass is 353 g/mol. The number of aromatic nitrogens is 1. The van der Waals surface area contributed by atoms with Gasteiger partial charge in [-0.05, 0) is 51.8 Å². The zero-order chi connectivity index (χ0) is 12.5. The Labute approximate surface area is 118 Å². The Morgan fingerprint density at radius 3 is 3.00 bits per heavy atom. The predicted octanol–water partition coefficient (Wildman–Crippen LogP) is 1.70. The molecular weight excluding hydrogens is 344 g/mol. The number of rotatable bonds is 2. The molecule has 2 aromatic rings. The zero-order valence-corrected chi connectivity index (χ0v) is 11.5. The molecule has 4 nitrogen and oxygen atoms in total.